The van der Waals surface area contributed by atoms with Gasteiger partial charge in [0.05, 0.1) is 5.69 Å². The Hall–Kier alpha value is -3.29. The minimum absolute atomic E-state index is 0.00861. The second-order valence-electron chi connectivity index (χ2n) is 5.75. The first-order valence-corrected chi connectivity index (χ1v) is 7.89. The monoisotopic (exact) mass is 359 g/mol. The second kappa shape index (κ2) is 7.30. The molecule has 26 heavy (non-hydrogen) atoms. The molecule has 3 rings (SSSR count). The molecule has 0 spiro atoms. The first-order chi connectivity index (χ1) is 12.4. The van der Waals surface area contributed by atoms with Crippen LogP contribution in [-0.4, -0.2) is 23.9 Å². The summed E-state index contributed by atoms with van der Waals surface area (Å²) < 4.78 is 25.8. The Morgan fingerprint density at radius 2 is 1.58 bits per heavy atom. The van der Waals surface area contributed by atoms with Crippen LogP contribution in [0, 0.1) is 11.6 Å². The van der Waals surface area contributed by atoms with Gasteiger partial charge in [0.2, 0.25) is 5.91 Å². The van der Waals surface area contributed by atoms with Crippen LogP contribution in [-0.2, 0) is 9.59 Å². The third-order valence-electron chi connectivity index (χ3n) is 3.89. The Morgan fingerprint density at radius 1 is 1.00 bits per heavy atom. The lowest BCUT2D eigenvalue weighted by molar-refractivity contribution is -0.119. The lowest BCUT2D eigenvalue weighted by Crippen LogP contribution is -2.31. The maximum atomic E-state index is 13.0. The van der Waals surface area contributed by atoms with E-state index in [0.29, 0.717) is 5.69 Å². The van der Waals surface area contributed by atoms with Crippen LogP contribution in [0.4, 0.5) is 25.0 Å². The number of hydrogen-bond acceptors (Lipinski definition) is 3. The predicted molar refractivity (Wildman–Crippen MR) is 90.5 cm³/mol. The van der Waals surface area contributed by atoms with Crippen molar-refractivity contribution in [2.24, 2.45) is 0 Å². The molecule has 0 saturated carbocycles. The molecular formula is C18H15F2N3O3. The van der Waals surface area contributed by atoms with E-state index in [-0.39, 0.29) is 24.4 Å². The molecule has 2 aromatic rings. The van der Waals surface area contributed by atoms with E-state index in [1.807, 2.05) is 0 Å². The summed E-state index contributed by atoms with van der Waals surface area (Å²) in [5.74, 6) is -1.76. The number of benzene rings is 2. The van der Waals surface area contributed by atoms with Gasteiger partial charge in [-0.05, 0) is 55.0 Å². The lowest BCUT2D eigenvalue weighted by atomic mass is 10.1. The van der Waals surface area contributed by atoms with Gasteiger partial charge in [0.1, 0.15) is 17.7 Å². The zero-order chi connectivity index (χ0) is 18.7. The number of rotatable bonds is 5. The molecule has 1 saturated heterocycles. The SMILES string of the molecule is O=C(CC[C@@H]1NC(=O)N(c2ccc(F)cc2)C1=O)Nc1ccc(F)cc1. The highest BCUT2D eigenvalue weighted by molar-refractivity contribution is 6.21. The predicted octanol–water partition coefficient (Wildman–Crippen LogP) is 2.81. The van der Waals surface area contributed by atoms with Crippen molar-refractivity contribution in [2.75, 3.05) is 10.2 Å². The van der Waals surface area contributed by atoms with Gasteiger partial charge in [-0.1, -0.05) is 0 Å². The van der Waals surface area contributed by atoms with Crippen LogP contribution in [0.1, 0.15) is 12.8 Å². The molecule has 0 unspecified atom stereocenters. The molecule has 1 aliphatic rings. The fourth-order valence-electron chi connectivity index (χ4n) is 2.59. The molecule has 1 fully saturated rings. The van der Waals surface area contributed by atoms with Gasteiger partial charge in [-0.25, -0.2) is 18.5 Å². The van der Waals surface area contributed by atoms with Gasteiger partial charge in [-0.2, -0.15) is 0 Å². The third-order valence-corrected chi connectivity index (χ3v) is 3.89. The van der Waals surface area contributed by atoms with Gasteiger partial charge in [0, 0.05) is 12.1 Å². The van der Waals surface area contributed by atoms with Crippen molar-refractivity contribution < 1.29 is 23.2 Å². The van der Waals surface area contributed by atoms with Gasteiger partial charge in [-0.3, -0.25) is 9.59 Å². The fraction of sp³-hybridized carbons (Fsp3) is 0.167. The van der Waals surface area contributed by atoms with E-state index in [2.05, 4.69) is 10.6 Å². The van der Waals surface area contributed by atoms with Gasteiger partial charge in [-0.15, -0.1) is 0 Å². The molecule has 0 radical (unpaired) electrons. The van der Waals surface area contributed by atoms with E-state index in [0.717, 1.165) is 17.0 Å². The summed E-state index contributed by atoms with van der Waals surface area (Å²) in [5.41, 5.74) is 0.693. The normalized spacial score (nSPS) is 16.5. The number of carbonyl (C=O) groups is 3. The standard InChI is InChI=1S/C18H15F2N3O3/c19-11-1-5-13(6-2-11)21-16(24)10-9-15-17(25)23(18(26)22-15)14-7-3-12(20)4-8-14/h1-8,15H,9-10H2,(H,21,24)(H,22,26)/t15-/m0/s1. The quantitative estimate of drug-likeness (QED) is 0.806. The molecule has 0 aromatic heterocycles. The zero-order valence-electron chi connectivity index (χ0n) is 13.5. The molecule has 1 heterocycles. The molecule has 1 atom stereocenters. The Morgan fingerprint density at radius 3 is 2.19 bits per heavy atom. The lowest BCUT2D eigenvalue weighted by Gasteiger charge is -2.13. The highest BCUT2D eigenvalue weighted by atomic mass is 19.1. The number of nitrogens with one attached hydrogen (secondary N) is 2. The Kier molecular flexibility index (Phi) is 4.92. The van der Waals surface area contributed by atoms with Crippen LogP contribution in [0.2, 0.25) is 0 Å². The van der Waals surface area contributed by atoms with Crippen LogP contribution in [0.25, 0.3) is 0 Å². The molecule has 4 amide bonds. The van der Waals surface area contributed by atoms with Crippen molar-refractivity contribution >= 4 is 29.2 Å². The minimum Gasteiger partial charge on any atom is -0.326 e. The topological polar surface area (TPSA) is 78.5 Å². The third kappa shape index (κ3) is 3.85. The van der Waals surface area contributed by atoms with E-state index in [4.69, 9.17) is 0 Å². The zero-order valence-corrected chi connectivity index (χ0v) is 13.5. The van der Waals surface area contributed by atoms with Crippen molar-refractivity contribution in [3.05, 3.63) is 60.2 Å². The number of hydrogen-bond donors (Lipinski definition) is 2. The first kappa shape index (κ1) is 17.5. The van der Waals surface area contributed by atoms with Crippen LogP contribution in [0.5, 0.6) is 0 Å². The highest BCUT2D eigenvalue weighted by Gasteiger charge is 2.38. The molecular weight excluding hydrogens is 344 g/mol. The molecule has 0 aliphatic carbocycles. The molecule has 134 valence electrons. The summed E-state index contributed by atoms with van der Waals surface area (Å²) in [4.78, 5) is 37.3. The smallest absolute Gasteiger partial charge is 0.326 e. The number of anilines is 2. The van der Waals surface area contributed by atoms with Crippen molar-refractivity contribution in [2.45, 2.75) is 18.9 Å². The van der Waals surface area contributed by atoms with E-state index >= 15 is 0 Å². The fourth-order valence-corrected chi connectivity index (χ4v) is 2.59. The Labute approximate surface area is 147 Å². The number of carbonyl (C=O) groups excluding carboxylic acids is 3. The Bertz CT molecular complexity index is 838. The summed E-state index contributed by atoms with van der Waals surface area (Å²) in [5, 5.41) is 5.09. The van der Waals surface area contributed by atoms with Gasteiger partial charge >= 0.3 is 6.03 Å². The largest absolute Gasteiger partial charge is 0.329 e. The number of urea groups is 1. The van der Waals surface area contributed by atoms with E-state index < -0.39 is 29.6 Å². The number of amides is 4. The Balaban J connectivity index is 1.57. The number of nitrogens with zero attached hydrogens (tertiary/aromatic N) is 1. The van der Waals surface area contributed by atoms with Crippen molar-refractivity contribution in [1.29, 1.82) is 0 Å². The summed E-state index contributed by atoms with van der Waals surface area (Å²) in [7, 11) is 0. The molecule has 6 nitrogen and oxygen atoms in total. The van der Waals surface area contributed by atoms with E-state index in [9.17, 15) is 23.2 Å². The second-order valence-corrected chi connectivity index (χ2v) is 5.75. The van der Waals surface area contributed by atoms with Gasteiger partial charge in [0.15, 0.2) is 0 Å². The van der Waals surface area contributed by atoms with E-state index in [1.165, 1.54) is 36.4 Å². The van der Waals surface area contributed by atoms with E-state index in [1.54, 1.807) is 0 Å². The average Bonchev–Trinajstić information content (AvgIpc) is 2.90. The van der Waals surface area contributed by atoms with Crippen molar-refractivity contribution in [1.82, 2.24) is 5.32 Å². The molecule has 2 N–H and O–H groups in total. The molecule has 0 bridgehead atoms. The molecule has 8 heteroatoms. The summed E-state index contributed by atoms with van der Waals surface area (Å²) >= 11 is 0. The van der Waals surface area contributed by atoms with Crippen LogP contribution in [0.15, 0.2) is 48.5 Å². The summed E-state index contributed by atoms with van der Waals surface area (Å²) in [6.45, 7) is 0. The van der Waals surface area contributed by atoms with Crippen molar-refractivity contribution in [3.63, 3.8) is 0 Å². The van der Waals surface area contributed by atoms with Gasteiger partial charge in [0.25, 0.3) is 5.91 Å². The van der Waals surface area contributed by atoms with Crippen LogP contribution in [0.3, 0.4) is 0 Å². The average molecular weight is 359 g/mol. The molecule has 2 aromatic carbocycles. The summed E-state index contributed by atoms with van der Waals surface area (Å²) in [6, 6.07) is 8.79. The van der Waals surface area contributed by atoms with Crippen LogP contribution >= 0.6 is 0 Å². The number of halogens is 2. The maximum Gasteiger partial charge on any atom is 0.329 e. The summed E-state index contributed by atoms with van der Waals surface area (Å²) in [6.07, 6.45) is 0.0978. The highest BCUT2D eigenvalue weighted by Crippen LogP contribution is 2.21. The maximum absolute atomic E-state index is 13.0. The van der Waals surface area contributed by atoms with Gasteiger partial charge < -0.3 is 10.6 Å². The first-order valence-electron chi connectivity index (χ1n) is 7.89. The molecule has 1 aliphatic heterocycles. The number of imide groups is 1. The van der Waals surface area contributed by atoms with Crippen LogP contribution < -0.4 is 15.5 Å². The van der Waals surface area contributed by atoms with Crippen molar-refractivity contribution in [3.8, 4) is 0 Å². The minimum atomic E-state index is -0.841.